The highest BCUT2D eigenvalue weighted by Crippen LogP contribution is 2.17. The molecule has 0 fully saturated rings. The van der Waals surface area contributed by atoms with Crippen LogP contribution in [0.5, 0.6) is 0 Å². The van der Waals surface area contributed by atoms with Gasteiger partial charge in [-0.2, -0.15) is 4.98 Å². The highest BCUT2D eigenvalue weighted by molar-refractivity contribution is 5.53. The first-order chi connectivity index (χ1) is 7.15. The van der Waals surface area contributed by atoms with E-state index >= 15 is 0 Å². The maximum absolute atomic E-state index is 10.4. The van der Waals surface area contributed by atoms with Crippen molar-refractivity contribution in [2.24, 2.45) is 0 Å². The van der Waals surface area contributed by atoms with Gasteiger partial charge < -0.3 is 16.2 Å². The van der Waals surface area contributed by atoms with Gasteiger partial charge in [0.1, 0.15) is 6.20 Å². The van der Waals surface area contributed by atoms with Gasteiger partial charge in [-0.25, -0.2) is 4.98 Å². The van der Waals surface area contributed by atoms with Crippen molar-refractivity contribution >= 4 is 17.5 Å². The second-order valence-corrected chi connectivity index (χ2v) is 2.73. The molecule has 0 radical (unpaired) electrons. The Morgan fingerprint density at radius 3 is 2.93 bits per heavy atom. The number of anilines is 2. The Morgan fingerprint density at radius 1 is 1.67 bits per heavy atom. The van der Waals surface area contributed by atoms with Gasteiger partial charge in [0, 0.05) is 13.2 Å². The fraction of sp³-hybridized carbons (Fsp3) is 0.429. The fourth-order valence-corrected chi connectivity index (χ4v) is 0.894. The molecule has 8 nitrogen and oxygen atoms in total. The zero-order valence-corrected chi connectivity index (χ0v) is 7.88. The third kappa shape index (κ3) is 3.02. The quantitative estimate of drug-likeness (QED) is 0.350. The summed E-state index contributed by atoms with van der Waals surface area (Å²) in [6.45, 7) is 0.531. The standard InChI is InChI=1S/C7H11N5O3/c8-6-5(12(14)15)4-10-7(11-6)9-2-1-3-13/h4,13H,1-3H2,(H3,8,9,10,11). The highest BCUT2D eigenvalue weighted by atomic mass is 16.6. The number of rotatable bonds is 5. The number of hydrogen-bond donors (Lipinski definition) is 3. The first-order valence-electron chi connectivity index (χ1n) is 4.26. The number of nitrogens with one attached hydrogen (secondary N) is 1. The fourth-order valence-electron chi connectivity index (χ4n) is 0.894. The van der Waals surface area contributed by atoms with Crippen molar-refractivity contribution in [3.8, 4) is 0 Å². The Labute approximate surface area is 85.3 Å². The minimum Gasteiger partial charge on any atom is -0.396 e. The topological polar surface area (TPSA) is 127 Å². The van der Waals surface area contributed by atoms with Crippen molar-refractivity contribution in [1.82, 2.24) is 9.97 Å². The second kappa shape index (κ2) is 5.05. The van der Waals surface area contributed by atoms with Crippen LogP contribution in [0.1, 0.15) is 6.42 Å². The monoisotopic (exact) mass is 213 g/mol. The molecule has 4 N–H and O–H groups in total. The maximum Gasteiger partial charge on any atom is 0.329 e. The highest BCUT2D eigenvalue weighted by Gasteiger charge is 2.13. The zero-order chi connectivity index (χ0) is 11.3. The summed E-state index contributed by atoms with van der Waals surface area (Å²) >= 11 is 0. The molecular weight excluding hydrogens is 202 g/mol. The minimum atomic E-state index is -0.646. The van der Waals surface area contributed by atoms with Crippen LogP contribution < -0.4 is 11.1 Å². The lowest BCUT2D eigenvalue weighted by Crippen LogP contribution is -2.09. The van der Waals surface area contributed by atoms with Gasteiger partial charge >= 0.3 is 5.69 Å². The molecule has 0 amide bonds. The largest absolute Gasteiger partial charge is 0.396 e. The summed E-state index contributed by atoms with van der Waals surface area (Å²) in [7, 11) is 0. The van der Waals surface area contributed by atoms with E-state index in [1.807, 2.05) is 0 Å². The molecule has 1 rings (SSSR count). The lowest BCUT2D eigenvalue weighted by Gasteiger charge is -2.03. The molecule has 15 heavy (non-hydrogen) atoms. The van der Waals surface area contributed by atoms with Gasteiger partial charge in [-0.3, -0.25) is 10.1 Å². The molecule has 82 valence electrons. The van der Waals surface area contributed by atoms with Crippen LogP contribution in [0.25, 0.3) is 0 Å². The first kappa shape index (κ1) is 11.1. The molecule has 0 saturated carbocycles. The van der Waals surface area contributed by atoms with E-state index in [0.29, 0.717) is 13.0 Å². The Bertz CT molecular complexity index is 356. The van der Waals surface area contributed by atoms with Gasteiger partial charge in [0.15, 0.2) is 0 Å². The average Bonchev–Trinajstić information content (AvgIpc) is 2.17. The van der Waals surface area contributed by atoms with Crippen LogP contribution >= 0.6 is 0 Å². The van der Waals surface area contributed by atoms with E-state index in [2.05, 4.69) is 15.3 Å². The van der Waals surface area contributed by atoms with Gasteiger partial charge in [-0.1, -0.05) is 0 Å². The Hall–Kier alpha value is -1.96. The van der Waals surface area contributed by atoms with Gasteiger partial charge in [-0.05, 0) is 6.42 Å². The van der Waals surface area contributed by atoms with Crippen LogP contribution in [0.15, 0.2) is 6.20 Å². The van der Waals surface area contributed by atoms with E-state index in [-0.39, 0.29) is 24.1 Å². The maximum atomic E-state index is 10.4. The van der Waals surface area contributed by atoms with Crippen LogP contribution in [0.3, 0.4) is 0 Å². The number of nitrogens with zero attached hydrogens (tertiary/aromatic N) is 3. The summed E-state index contributed by atoms with van der Waals surface area (Å²) in [6, 6.07) is 0. The number of nitrogens with two attached hydrogens (primary N) is 1. The average molecular weight is 213 g/mol. The van der Waals surface area contributed by atoms with Crippen molar-refractivity contribution in [2.75, 3.05) is 24.2 Å². The van der Waals surface area contributed by atoms with Crippen LogP contribution in [0.2, 0.25) is 0 Å². The van der Waals surface area contributed by atoms with Crippen molar-refractivity contribution in [3.63, 3.8) is 0 Å². The van der Waals surface area contributed by atoms with Crippen molar-refractivity contribution in [2.45, 2.75) is 6.42 Å². The molecule has 1 heterocycles. The summed E-state index contributed by atoms with van der Waals surface area (Å²) in [5.41, 5.74) is 5.03. The molecule has 1 aromatic rings. The van der Waals surface area contributed by atoms with Gasteiger partial charge in [-0.15, -0.1) is 0 Å². The predicted octanol–water partition coefficient (Wildman–Crippen LogP) is -0.239. The SMILES string of the molecule is Nc1nc(NCCCO)ncc1[N+](=O)[O-]. The Kier molecular flexibility index (Phi) is 3.75. The van der Waals surface area contributed by atoms with E-state index in [9.17, 15) is 10.1 Å². The zero-order valence-electron chi connectivity index (χ0n) is 7.88. The molecule has 0 aliphatic carbocycles. The Balaban J connectivity index is 2.69. The molecule has 0 bridgehead atoms. The molecule has 8 heteroatoms. The molecule has 0 unspecified atom stereocenters. The molecule has 0 atom stereocenters. The molecule has 1 aromatic heterocycles. The van der Waals surface area contributed by atoms with E-state index < -0.39 is 4.92 Å². The molecule has 0 aliphatic rings. The van der Waals surface area contributed by atoms with Crippen LogP contribution in [0.4, 0.5) is 17.5 Å². The predicted molar refractivity (Wildman–Crippen MR) is 53.3 cm³/mol. The van der Waals surface area contributed by atoms with E-state index in [0.717, 1.165) is 6.20 Å². The number of nitro groups is 1. The van der Waals surface area contributed by atoms with Crippen molar-refractivity contribution < 1.29 is 10.0 Å². The van der Waals surface area contributed by atoms with E-state index in [4.69, 9.17) is 10.8 Å². The lowest BCUT2D eigenvalue weighted by atomic mass is 10.4. The summed E-state index contributed by atoms with van der Waals surface area (Å²) in [5.74, 6) is 0.0352. The normalized spacial score (nSPS) is 9.93. The molecule has 0 saturated heterocycles. The third-order valence-electron chi connectivity index (χ3n) is 1.61. The summed E-state index contributed by atoms with van der Waals surface area (Å²) in [6.07, 6.45) is 1.59. The number of aliphatic hydroxyl groups excluding tert-OH is 1. The van der Waals surface area contributed by atoms with E-state index in [1.54, 1.807) is 0 Å². The van der Waals surface area contributed by atoms with Gasteiger partial charge in [0.2, 0.25) is 11.8 Å². The number of nitrogen functional groups attached to an aromatic ring is 1. The third-order valence-corrected chi connectivity index (χ3v) is 1.61. The first-order valence-corrected chi connectivity index (χ1v) is 4.26. The minimum absolute atomic E-state index is 0.0511. The van der Waals surface area contributed by atoms with Gasteiger partial charge in [0.25, 0.3) is 0 Å². The number of aromatic nitrogens is 2. The van der Waals surface area contributed by atoms with Crippen LogP contribution in [-0.2, 0) is 0 Å². The lowest BCUT2D eigenvalue weighted by molar-refractivity contribution is -0.384. The molecule has 0 spiro atoms. The van der Waals surface area contributed by atoms with Crippen molar-refractivity contribution in [1.29, 1.82) is 0 Å². The van der Waals surface area contributed by atoms with Gasteiger partial charge in [0.05, 0.1) is 4.92 Å². The number of hydrogen-bond acceptors (Lipinski definition) is 7. The summed E-state index contributed by atoms with van der Waals surface area (Å²) < 4.78 is 0. The number of aliphatic hydroxyl groups is 1. The summed E-state index contributed by atoms with van der Waals surface area (Å²) in [4.78, 5) is 17.1. The van der Waals surface area contributed by atoms with Crippen molar-refractivity contribution in [3.05, 3.63) is 16.3 Å². The van der Waals surface area contributed by atoms with Crippen LogP contribution in [0, 0.1) is 10.1 Å². The molecule has 0 aromatic carbocycles. The van der Waals surface area contributed by atoms with E-state index in [1.165, 1.54) is 0 Å². The smallest absolute Gasteiger partial charge is 0.329 e. The summed E-state index contributed by atoms with van der Waals surface area (Å²) in [5, 5.41) is 21.7. The molecule has 0 aliphatic heterocycles. The second-order valence-electron chi connectivity index (χ2n) is 2.73. The Morgan fingerprint density at radius 2 is 2.40 bits per heavy atom. The van der Waals surface area contributed by atoms with Crippen LogP contribution in [-0.4, -0.2) is 33.1 Å². The molecular formula is C7H11N5O3.